The lowest BCUT2D eigenvalue weighted by Gasteiger charge is -2.26. The first-order valence-corrected chi connectivity index (χ1v) is 12.2. The molecule has 0 spiro atoms. The summed E-state index contributed by atoms with van der Waals surface area (Å²) >= 11 is 0. The van der Waals surface area contributed by atoms with E-state index >= 15 is 0 Å². The number of carbonyl (C=O) groups is 1. The van der Waals surface area contributed by atoms with Crippen LogP contribution in [0.2, 0.25) is 0 Å². The SMILES string of the molecule is C[C@H](Oc1ccc(-c2ccccc2)cc1)C(=O)Nc1cccc(S(=O)(=O)N2CCOCC2)c1. The second kappa shape index (κ2) is 10.2. The summed E-state index contributed by atoms with van der Waals surface area (Å²) in [6, 6.07) is 23.7. The molecule has 0 aliphatic carbocycles. The molecule has 3 aromatic carbocycles. The number of nitrogens with one attached hydrogen (secondary N) is 1. The first kappa shape index (κ1) is 23.0. The summed E-state index contributed by atoms with van der Waals surface area (Å²) in [6.07, 6.45) is -0.771. The molecule has 1 fully saturated rings. The van der Waals surface area contributed by atoms with Crippen LogP contribution in [0.1, 0.15) is 6.92 Å². The second-order valence-electron chi connectivity index (χ2n) is 7.68. The van der Waals surface area contributed by atoms with Gasteiger partial charge in [0.1, 0.15) is 5.75 Å². The molecular weight excluding hydrogens is 440 g/mol. The molecule has 0 unspecified atom stereocenters. The van der Waals surface area contributed by atoms with Crippen LogP contribution in [0.3, 0.4) is 0 Å². The highest BCUT2D eigenvalue weighted by molar-refractivity contribution is 7.89. The number of carbonyl (C=O) groups excluding carboxylic acids is 1. The lowest BCUT2D eigenvalue weighted by molar-refractivity contribution is -0.122. The molecule has 1 saturated heterocycles. The number of hydrogen-bond acceptors (Lipinski definition) is 5. The molecule has 1 N–H and O–H groups in total. The summed E-state index contributed by atoms with van der Waals surface area (Å²) in [6.45, 7) is 3.02. The van der Waals surface area contributed by atoms with E-state index in [9.17, 15) is 13.2 Å². The second-order valence-corrected chi connectivity index (χ2v) is 9.62. The Bertz CT molecular complexity index is 1190. The standard InChI is InChI=1S/C25H26N2O5S/c1-19(32-23-12-10-21(11-13-23)20-6-3-2-4-7-20)25(28)26-22-8-5-9-24(18-22)33(29,30)27-14-16-31-17-15-27/h2-13,18-19H,14-17H2,1H3,(H,26,28)/t19-/m0/s1. The first-order chi connectivity index (χ1) is 15.9. The van der Waals surface area contributed by atoms with Crippen molar-refractivity contribution in [2.75, 3.05) is 31.6 Å². The molecule has 1 aliphatic heterocycles. The number of nitrogens with zero attached hydrogens (tertiary/aromatic N) is 1. The lowest BCUT2D eigenvalue weighted by atomic mass is 10.1. The predicted molar refractivity (Wildman–Crippen MR) is 127 cm³/mol. The Hall–Kier alpha value is -3.20. The van der Waals surface area contributed by atoms with Crippen molar-refractivity contribution < 1.29 is 22.7 Å². The van der Waals surface area contributed by atoms with Crippen LogP contribution >= 0.6 is 0 Å². The molecule has 0 bridgehead atoms. The van der Waals surface area contributed by atoms with Gasteiger partial charge in [-0.1, -0.05) is 48.5 Å². The normalized spacial score (nSPS) is 15.5. The van der Waals surface area contributed by atoms with Gasteiger partial charge in [-0.15, -0.1) is 0 Å². The number of ether oxygens (including phenoxy) is 2. The molecule has 0 saturated carbocycles. The van der Waals surface area contributed by atoms with Gasteiger partial charge in [-0.05, 0) is 48.4 Å². The Balaban J connectivity index is 1.39. The highest BCUT2D eigenvalue weighted by atomic mass is 32.2. The van der Waals surface area contributed by atoms with E-state index in [1.165, 1.54) is 16.4 Å². The van der Waals surface area contributed by atoms with Crippen LogP contribution in [-0.2, 0) is 19.6 Å². The van der Waals surface area contributed by atoms with Gasteiger partial charge < -0.3 is 14.8 Å². The summed E-state index contributed by atoms with van der Waals surface area (Å²) in [7, 11) is -3.65. The molecule has 3 aromatic rings. The van der Waals surface area contributed by atoms with Crippen LogP contribution in [0.15, 0.2) is 83.8 Å². The molecule has 7 nitrogen and oxygen atoms in total. The van der Waals surface area contributed by atoms with Crippen LogP contribution in [0.4, 0.5) is 5.69 Å². The van der Waals surface area contributed by atoms with Crippen molar-refractivity contribution >= 4 is 21.6 Å². The fourth-order valence-electron chi connectivity index (χ4n) is 3.53. The molecule has 4 rings (SSSR count). The van der Waals surface area contributed by atoms with E-state index in [0.717, 1.165) is 11.1 Å². The monoisotopic (exact) mass is 466 g/mol. The zero-order valence-electron chi connectivity index (χ0n) is 18.3. The van der Waals surface area contributed by atoms with Crippen LogP contribution < -0.4 is 10.1 Å². The van der Waals surface area contributed by atoms with Gasteiger partial charge in [0, 0.05) is 18.8 Å². The van der Waals surface area contributed by atoms with E-state index in [-0.39, 0.29) is 10.8 Å². The molecule has 172 valence electrons. The van der Waals surface area contributed by atoms with Crippen molar-refractivity contribution in [1.29, 1.82) is 0 Å². The van der Waals surface area contributed by atoms with Crippen molar-refractivity contribution in [3.63, 3.8) is 0 Å². The smallest absolute Gasteiger partial charge is 0.265 e. The Morgan fingerprint density at radius 2 is 1.61 bits per heavy atom. The maximum atomic E-state index is 12.9. The minimum absolute atomic E-state index is 0.132. The molecule has 1 heterocycles. The number of amides is 1. The van der Waals surface area contributed by atoms with Crippen molar-refractivity contribution in [3.05, 3.63) is 78.9 Å². The number of sulfonamides is 1. The third-order valence-electron chi connectivity index (χ3n) is 5.35. The summed E-state index contributed by atoms with van der Waals surface area (Å²) < 4.78 is 38.1. The molecule has 0 aromatic heterocycles. The largest absolute Gasteiger partial charge is 0.481 e. The van der Waals surface area contributed by atoms with Crippen molar-refractivity contribution in [1.82, 2.24) is 4.31 Å². The van der Waals surface area contributed by atoms with E-state index in [0.29, 0.717) is 37.7 Å². The number of anilines is 1. The molecule has 8 heteroatoms. The van der Waals surface area contributed by atoms with Gasteiger partial charge in [-0.25, -0.2) is 8.42 Å². The average molecular weight is 467 g/mol. The summed E-state index contributed by atoms with van der Waals surface area (Å²) in [5.74, 6) is 0.198. The Kier molecular flexibility index (Phi) is 7.08. The van der Waals surface area contributed by atoms with E-state index in [1.807, 2.05) is 54.6 Å². The quantitative estimate of drug-likeness (QED) is 0.573. The fraction of sp³-hybridized carbons (Fsp3) is 0.240. The van der Waals surface area contributed by atoms with E-state index in [2.05, 4.69) is 5.32 Å². The minimum Gasteiger partial charge on any atom is -0.481 e. The fourth-order valence-corrected chi connectivity index (χ4v) is 4.98. The molecule has 33 heavy (non-hydrogen) atoms. The van der Waals surface area contributed by atoms with E-state index in [4.69, 9.17) is 9.47 Å². The minimum atomic E-state index is -3.65. The maximum absolute atomic E-state index is 12.9. The van der Waals surface area contributed by atoms with Crippen LogP contribution in [0, 0.1) is 0 Å². The van der Waals surface area contributed by atoms with E-state index in [1.54, 1.807) is 19.1 Å². The van der Waals surface area contributed by atoms with Crippen LogP contribution in [0.25, 0.3) is 11.1 Å². The maximum Gasteiger partial charge on any atom is 0.265 e. The van der Waals surface area contributed by atoms with Gasteiger partial charge >= 0.3 is 0 Å². The van der Waals surface area contributed by atoms with Crippen molar-refractivity contribution in [2.45, 2.75) is 17.9 Å². The Labute approximate surface area is 194 Å². The predicted octanol–water partition coefficient (Wildman–Crippen LogP) is 3.78. The van der Waals surface area contributed by atoms with Gasteiger partial charge in [0.25, 0.3) is 5.91 Å². The number of morpholine rings is 1. The zero-order valence-corrected chi connectivity index (χ0v) is 19.1. The lowest BCUT2D eigenvalue weighted by Crippen LogP contribution is -2.40. The number of rotatable bonds is 7. The first-order valence-electron chi connectivity index (χ1n) is 10.7. The third-order valence-corrected chi connectivity index (χ3v) is 7.25. The highest BCUT2D eigenvalue weighted by Crippen LogP contribution is 2.24. The van der Waals surface area contributed by atoms with Crippen molar-refractivity contribution in [2.24, 2.45) is 0 Å². The van der Waals surface area contributed by atoms with Crippen LogP contribution in [0.5, 0.6) is 5.75 Å². The van der Waals surface area contributed by atoms with E-state index < -0.39 is 16.1 Å². The number of hydrogen-bond donors (Lipinski definition) is 1. The van der Waals surface area contributed by atoms with Gasteiger partial charge in [-0.3, -0.25) is 4.79 Å². The molecular formula is C25H26N2O5S. The molecule has 1 amide bonds. The van der Waals surface area contributed by atoms with Gasteiger partial charge in [0.15, 0.2) is 6.10 Å². The van der Waals surface area contributed by atoms with Gasteiger partial charge in [0.05, 0.1) is 18.1 Å². The van der Waals surface area contributed by atoms with Crippen molar-refractivity contribution in [3.8, 4) is 16.9 Å². The zero-order chi connectivity index (χ0) is 23.3. The third kappa shape index (κ3) is 5.60. The summed E-state index contributed by atoms with van der Waals surface area (Å²) in [5, 5.41) is 2.74. The van der Waals surface area contributed by atoms with Crippen LogP contribution in [-0.4, -0.2) is 51.0 Å². The topological polar surface area (TPSA) is 84.9 Å². The highest BCUT2D eigenvalue weighted by Gasteiger charge is 2.26. The Morgan fingerprint density at radius 1 is 0.939 bits per heavy atom. The molecule has 0 radical (unpaired) electrons. The van der Waals surface area contributed by atoms with Gasteiger partial charge in [-0.2, -0.15) is 4.31 Å². The average Bonchev–Trinajstić information content (AvgIpc) is 2.85. The summed E-state index contributed by atoms with van der Waals surface area (Å²) in [5.41, 5.74) is 2.55. The summed E-state index contributed by atoms with van der Waals surface area (Å²) in [4.78, 5) is 12.8. The molecule has 1 atom stereocenters. The number of benzene rings is 3. The molecule has 1 aliphatic rings. The Morgan fingerprint density at radius 3 is 2.30 bits per heavy atom. The van der Waals surface area contributed by atoms with Gasteiger partial charge in [0.2, 0.25) is 10.0 Å².